The number of rotatable bonds is 7. The topological polar surface area (TPSA) is 104 Å². The lowest BCUT2D eigenvalue weighted by molar-refractivity contribution is 0.415. The van der Waals surface area contributed by atoms with E-state index < -0.39 is 0 Å². The third kappa shape index (κ3) is 3.75. The second-order valence-electron chi connectivity index (χ2n) is 8.11. The molecule has 8 nitrogen and oxygen atoms in total. The second-order valence-corrected chi connectivity index (χ2v) is 8.11. The van der Waals surface area contributed by atoms with Crippen molar-refractivity contribution in [1.82, 2.24) is 25.1 Å². The summed E-state index contributed by atoms with van der Waals surface area (Å²) in [6.07, 6.45) is 4.73. The van der Waals surface area contributed by atoms with Gasteiger partial charge in [-0.25, -0.2) is 4.98 Å². The Balaban J connectivity index is 1.30. The highest BCUT2D eigenvalue weighted by atomic mass is 16.5. The molecule has 0 aliphatic heterocycles. The van der Waals surface area contributed by atoms with Gasteiger partial charge in [0.2, 0.25) is 5.95 Å². The van der Waals surface area contributed by atoms with Crippen molar-refractivity contribution in [2.75, 3.05) is 24.3 Å². The van der Waals surface area contributed by atoms with Gasteiger partial charge in [0.05, 0.1) is 24.3 Å². The molecule has 0 saturated heterocycles. The smallest absolute Gasteiger partial charge is 0.229 e. The Morgan fingerprint density at radius 1 is 0.941 bits per heavy atom. The summed E-state index contributed by atoms with van der Waals surface area (Å²) >= 11 is 0. The number of nitrogens with one attached hydrogen (secondary N) is 4. The summed E-state index contributed by atoms with van der Waals surface area (Å²) in [5, 5.41) is 17.1. The lowest BCUT2D eigenvalue weighted by atomic mass is 10.1. The van der Waals surface area contributed by atoms with E-state index in [1.807, 2.05) is 42.5 Å². The van der Waals surface area contributed by atoms with Crippen LogP contribution in [0.25, 0.3) is 32.7 Å². The van der Waals surface area contributed by atoms with Crippen LogP contribution in [0.5, 0.6) is 5.75 Å². The first-order valence-corrected chi connectivity index (χ1v) is 11.1. The second kappa shape index (κ2) is 8.40. The minimum absolute atomic E-state index is 0.523. The summed E-state index contributed by atoms with van der Waals surface area (Å²) in [5.74, 6) is 2.05. The fraction of sp³-hybridized carbons (Fsp3) is 0.115. The quantitative estimate of drug-likeness (QED) is 0.260. The van der Waals surface area contributed by atoms with Crippen molar-refractivity contribution in [1.29, 1.82) is 0 Å². The first-order valence-electron chi connectivity index (χ1n) is 11.1. The molecule has 3 aromatic heterocycles. The molecule has 0 aliphatic carbocycles. The minimum atomic E-state index is 0.523. The number of para-hydroxylation sites is 1. The summed E-state index contributed by atoms with van der Waals surface area (Å²) in [6, 6.07) is 20.1. The maximum absolute atomic E-state index is 5.44. The van der Waals surface area contributed by atoms with Gasteiger partial charge in [0.15, 0.2) is 0 Å². The zero-order valence-electron chi connectivity index (χ0n) is 18.6. The van der Waals surface area contributed by atoms with E-state index in [1.54, 1.807) is 13.3 Å². The molecular formula is C26H23N7O. The van der Waals surface area contributed by atoms with Crippen LogP contribution in [0.15, 0.2) is 73.1 Å². The number of benzene rings is 3. The minimum Gasteiger partial charge on any atom is -0.497 e. The fourth-order valence-electron chi connectivity index (χ4n) is 4.23. The molecule has 8 heteroatoms. The van der Waals surface area contributed by atoms with Crippen LogP contribution in [0.2, 0.25) is 0 Å². The molecule has 0 saturated carbocycles. The van der Waals surface area contributed by atoms with Crippen molar-refractivity contribution in [2.24, 2.45) is 0 Å². The molecule has 34 heavy (non-hydrogen) atoms. The van der Waals surface area contributed by atoms with Crippen LogP contribution < -0.4 is 15.4 Å². The van der Waals surface area contributed by atoms with Crippen LogP contribution in [0.4, 0.5) is 17.5 Å². The number of anilines is 3. The molecule has 0 aliphatic rings. The molecule has 6 rings (SSSR count). The molecule has 0 unspecified atom stereocenters. The molecule has 3 heterocycles. The average molecular weight is 450 g/mol. The van der Waals surface area contributed by atoms with Gasteiger partial charge in [0, 0.05) is 40.1 Å². The third-order valence-corrected chi connectivity index (χ3v) is 5.96. The van der Waals surface area contributed by atoms with Gasteiger partial charge in [-0.15, -0.1) is 0 Å². The zero-order valence-corrected chi connectivity index (χ0v) is 18.6. The SMILES string of the molecule is COc1ccc2nc(Nc3ccc4[nH]ncc4c3)nc(NCCc3c[nH]c4ccccc34)c2c1. The highest BCUT2D eigenvalue weighted by molar-refractivity contribution is 5.92. The Kier molecular flexibility index (Phi) is 4.95. The summed E-state index contributed by atoms with van der Waals surface area (Å²) in [7, 11) is 1.66. The van der Waals surface area contributed by atoms with Crippen LogP contribution in [0.1, 0.15) is 5.56 Å². The van der Waals surface area contributed by atoms with E-state index in [9.17, 15) is 0 Å². The maximum Gasteiger partial charge on any atom is 0.229 e. The van der Waals surface area contributed by atoms with Crippen molar-refractivity contribution >= 4 is 50.2 Å². The first-order chi connectivity index (χ1) is 16.8. The predicted octanol–water partition coefficient (Wildman–Crippen LogP) is 5.39. The number of aromatic amines is 2. The molecule has 3 aromatic carbocycles. The van der Waals surface area contributed by atoms with Crippen LogP contribution >= 0.6 is 0 Å². The Hall–Kier alpha value is -4.59. The number of aromatic nitrogens is 5. The van der Waals surface area contributed by atoms with Gasteiger partial charge in [-0.1, -0.05) is 18.2 Å². The molecule has 0 fully saturated rings. The number of hydrogen-bond acceptors (Lipinski definition) is 6. The molecule has 0 bridgehead atoms. The maximum atomic E-state index is 5.44. The van der Waals surface area contributed by atoms with E-state index in [2.05, 4.69) is 50.2 Å². The lowest BCUT2D eigenvalue weighted by Gasteiger charge is -2.13. The normalized spacial score (nSPS) is 11.3. The Morgan fingerprint density at radius 3 is 2.82 bits per heavy atom. The van der Waals surface area contributed by atoms with Crippen LogP contribution in [0.3, 0.4) is 0 Å². The largest absolute Gasteiger partial charge is 0.497 e. The van der Waals surface area contributed by atoms with Crippen LogP contribution in [-0.4, -0.2) is 38.8 Å². The summed E-state index contributed by atoms with van der Waals surface area (Å²) in [4.78, 5) is 12.9. The Bertz CT molecular complexity index is 1620. The van der Waals surface area contributed by atoms with Crippen molar-refractivity contribution in [3.05, 3.63) is 78.6 Å². The van der Waals surface area contributed by atoms with Gasteiger partial charge in [0.25, 0.3) is 0 Å². The van der Waals surface area contributed by atoms with Crippen molar-refractivity contribution in [2.45, 2.75) is 6.42 Å². The highest BCUT2D eigenvalue weighted by Gasteiger charge is 2.11. The fourth-order valence-corrected chi connectivity index (χ4v) is 4.23. The number of nitrogens with zero attached hydrogens (tertiary/aromatic N) is 3. The van der Waals surface area contributed by atoms with Gasteiger partial charge in [0.1, 0.15) is 11.6 Å². The number of methoxy groups -OCH3 is 1. The van der Waals surface area contributed by atoms with Gasteiger partial charge < -0.3 is 20.4 Å². The van der Waals surface area contributed by atoms with Crippen molar-refractivity contribution in [3.8, 4) is 5.75 Å². The van der Waals surface area contributed by atoms with Gasteiger partial charge in [-0.2, -0.15) is 10.1 Å². The third-order valence-electron chi connectivity index (χ3n) is 5.96. The van der Waals surface area contributed by atoms with E-state index >= 15 is 0 Å². The van der Waals surface area contributed by atoms with E-state index in [0.29, 0.717) is 5.95 Å². The van der Waals surface area contributed by atoms with Gasteiger partial charge in [-0.05, 0) is 54.4 Å². The molecule has 6 aromatic rings. The van der Waals surface area contributed by atoms with Crippen molar-refractivity contribution < 1.29 is 4.74 Å². The molecule has 0 spiro atoms. The molecule has 168 valence electrons. The van der Waals surface area contributed by atoms with Crippen LogP contribution in [0, 0.1) is 0 Å². The Morgan fingerprint density at radius 2 is 1.88 bits per heavy atom. The number of H-pyrrole nitrogens is 2. The summed E-state index contributed by atoms with van der Waals surface area (Å²) in [5.41, 5.74) is 5.13. The van der Waals surface area contributed by atoms with Crippen molar-refractivity contribution in [3.63, 3.8) is 0 Å². The van der Waals surface area contributed by atoms with Crippen LogP contribution in [-0.2, 0) is 6.42 Å². The van der Waals surface area contributed by atoms with E-state index in [4.69, 9.17) is 14.7 Å². The first kappa shape index (κ1) is 20.0. The summed E-state index contributed by atoms with van der Waals surface area (Å²) < 4.78 is 5.44. The standard InChI is InChI=1S/C26H23N7O/c1-34-19-7-9-24-21(13-19)25(27-11-10-16-14-28-23-5-3-2-4-20(16)23)32-26(31-24)30-18-6-8-22-17(12-18)15-29-33-22/h2-9,12-15,28H,10-11H2,1H3,(H,29,33)(H2,27,30,31,32). The zero-order chi connectivity index (χ0) is 22.9. The predicted molar refractivity (Wildman–Crippen MR) is 136 cm³/mol. The van der Waals surface area contributed by atoms with E-state index in [0.717, 1.165) is 57.5 Å². The average Bonchev–Trinajstić information content (AvgIpc) is 3.50. The Labute approximate surface area is 195 Å². The number of hydrogen-bond donors (Lipinski definition) is 4. The number of fused-ring (bicyclic) bond motifs is 3. The summed E-state index contributed by atoms with van der Waals surface area (Å²) in [6.45, 7) is 0.728. The van der Waals surface area contributed by atoms with E-state index in [-0.39, 0.29) is 0 Å². The molecule has 0 radical (unpaired) electrons. The lowest BCUT2D eigenvalue weighted by Crippen LogP contribution is -2.09. The molecular weight excluding hydrogens is 426 g/mol. The molecule has 0 atom stereocenters. The molecule has 0 amide bonds. The number of ether oxygens (including phenoxy) is 1. The molecule has 4 N–H and O–H groups in total. The van der Waals surface area contributed by atoms with Gasteiger partial charge >= 0.3 is 0 Å². The highest BCUT2D eigenvalue weighted by Crippen LogP contribution is 2.28. The monoisotopic (exact) mass is 449 g/mol. The van der Waals surface area contributed by atoms with E-state index in [1.165, 1.54) is 10.9 Å². The van der Waals surface area contributed by atoms with Gasteiger partial charge in [-0.3, -0.25) is 5.10 Å².